The minimum atomic E-state index is -3.50. The largest absolute Gasteiger partial charge is 0.307 e. The fraction of sp³-hybridized carbons (Fsp3) is 0.250. The van der Waals surface area contributed by atoms with E-state index in [-0.39, 0.29) is 16.8 Å². The molecule has 2 aromatic rings. The van der Waals surface area contributed by atoms with Gasteiger partial charge in [0.1, 0.15) is 5.82 Å². The van der Waals surface area contributed by atoms with Crippen molar-refractivity contribution in [2.24, 2.45) is 0 Å². The molecule has 1 aromatic heterocycles. The summed E-state index contributed by atoms with van der Waals surface area (Å²) >= 11 is 0. The highest BCUT2D eigenvalue weighted by atomic mass is 32.2. The molecule has 120 valence electrons. The van der Waals surface area contributed by atoms with Crippen LogP contribution in [0.3, 0.4) is 0 Å². The summed E-state index contributed by atoms with van der Waals surface area (Å²) in [5, 5.41) is 2.68. The van der Waals surface area contributed by atoms with Crippen LogP contribution < -0.4 is 10.0 Å². The lowest BCUT2D eigenvalue weighted by atomic mass is 10.2. The standard InChI is InChI=1S/C16H17N3O3S/c1-11-8-9-17-15(10-11)18-16(20)12-2-6-14(7-3-12)23(21,22)19-13-4-5-13/h2-3,6-10,13,19H,4-5H2,1H3,(H,17,18,20). The monoisotopic (exact) mass is 331 g/mol. The molecule has 23 heavy (non-hydrogen) atoms. The Bertz CT molecular complexity index is 828. The van der Waals surface area contributed by atoms with Crippen molar-refractivity contribution < 1.29 is 13.2 Å². The van der Waals surface area contributed by atoms with E-state index >= 15 is 0 Å². The van der Waals surface area contributed by atoms with Gasteiger partial charge in [0.15, 0.2) is 0 Å². The summed E-state index contributed by atoms with van der Waals surface area (Å²) in [6.07, 6.45) is 3.37. The Morgan fingerprint density at radius 2 is 1.87 bits per heavy atom. The van der Waals surface area contributed by atoms with Crippen molar-refractivity contribution in [3.05, 3.63) is 53.7 Å². The van der Waals surface area contributed by atoms with E-state index in [0.29, 0.717) is 11.4 Å². The number of anilines is 1. The van der Waals surface area contributed by atoms with E-state index in [9.17, 15) is 13.2 Å². The van der Waals surface area contributed by atoms with Gasteiger partial charge in [-0.05, 0) is 61.7 Å². The van der Waals surface area contributed by atoms with Gasteiger partial charge in [-0.2, -0.15) is 0 Å². The Labute approximate surface area is 135 Å². The summed E-state index contributed by atoms with van der Waals surface area (Å²) < 4.78 is 26.7. The van der Waals surface area contributed by atoms with E-state index < -0.39 is 10.0 Å². The summed E-state index contributed by atoms with van der Waals surface area (Å²) in [5.74, 6) is 0.129. The van der Waals surface area contributed by atoms with Crippen molar-refractivity contribution in [3.63, 3.8) is 0 Å². The molecular weight excluding hydrogens is 314 g/mol. The van der Waals surface area contributed by atoms with Crippen LogP contribution in [0.2, 0.25) is 0 Å². The Kier molecular flexibility index (Phi) is 4.14. The first kappa shape index (κ1) is 15.6. The number of amides is 1. The zero-order chi connectivity index (χ0) is 16.4. The van der Waals surface area contributed by atoms with E-state index in [1.165, 1.54) is 24.3 Å². The highest BCUT2D eigenvalue weighted by Gasteiger charge is 2.27. The third-order valence-corrected chi connectivity index (χ3v) is 5.02. The zero-order valence-corrected chi connectivity index (χ0v) is 13.4. The van der Waals surface area contributed by atoms with Crippen molar-refractivity contribution in [3.8, 4) is 0 Å². The van der Waals surface area contributed by atoms with Crippen LogP contribution in [0.1, 0.15) is 28.8 Å². The predicted molar refractivity (Wildman–Crippen MR) is 86.7 cm³/mol. The average molecular weight is 331 g/mol. The van der Waals surface area contributed by atoms with Crippen LogP contribution in [-0.2, 0) is 10.0 Å². The SMILES string of the molecule is Cc1ccnc(NC(=O)c2ccc(S(=O)(=O)NC3CC3)cc2)c1. The maximum absolute atomic E-state index is 12.2. The summed E-state index contributed by atoms with van der Waals surface area (Å²) in [7, 11) is -3.50. The topological polar surface area (TPSA) is 88.2 Å². The van der Waals surface area contributed by atoms with Crippen molar-refractivity contribution in [2.45, 2.75) is 30.7 Å². The third kappa shape index (κ3) is 3.94. The molecule has 1 amide bonds. The molecule has 0 unspecified atom stereocenters. The van der Waals surface area contributed by atoms with Crippen LogP contribution in [0, 0.1) is 6.92 Å². The van der Waals surface area contributed by atoms with Crippen LogP contribution in [0.15, 0.2) is 47.5 Å². The van der Waals surface area contributed by atoms with Gasteiger partial charge in [-0.15, -0.1) is 0 Å². The molecule has 0 atom stereocenters. The Morgan fingerprint density at radius 3 is 2.48 bits per heavy atom. The maximum Gasteiger partial charge on any atom is 0.256 e. The van der Waals surface area contributed by atoms with Crippen LogP contribution in [0.5, 0.6) is 0 Å². The van der Waals surface area contributed by atoms with Crippen molar-refractivity contribution in [1.29, 1.82) is 0 Å². The van der Waals surface area contributed by atoms with E-state index in [1.54, 1.807) is 12.3 Å². The normalized spacial score (nSPS) is 14.5. The molecule has 7 heteroatoms. The smallest absolute Gasteiger partial charge is 0.256 e. The van der Waals surface area contributed by atoms with Gasteiger partial charge in [-0.25, -0.2) is 18.1 Å². The highest BCUT2D eigenvalue weighted by molar-refractivity contribution is 7.89. The molecule has 3 rings (SSSR count). The van der Waals surface area contributed by atoms with Gasteiger partial charge in [0.05, 0.1) is 4.90 Å². The van der Waals surface area contributed by atoms with Crippen LogP contribution >= 0.6 is 0 Å². The average Bonchev–Trinajstić information content (AvgIpc) is 3.30. The molecule has 2 N–H and O–H groups in total. The number of nitrogens with one attached hydrogen (secondary N) is 2. The van der Waals surface area contributed by atoms with Crippen LogP contribution in [0.25, 0.3) is 0 Å². The van der Waals surface area contributed by atoms with Gasteiger partial charge >= 0.3 is 0 Å². The number of aromatic nitrogens is 1. The second kappa shape index (κ2) is 6.10. The molecule has 0 aliphatic heterocycles. The van der Waals surface area contributed by atoms with E-state index in [0.717, 1.165) is 18.4 Å². The third-order valence-electron chi connectivity index (χ3n) is 3.48. The fourth-order valence-electron chi connectivity index (χ4n) is 2.07. The molecule has 1 aliphatic rings. The molecule has 1 heterocycles. The van der Waals surface area contributed by atoms with Gasteiger partial charge in [-0.1, -0.05) is 0 Å². The number of hydrogen-bond acceptors (Lipinski definition) is 4. The predicted octanol–water partition coefficient (Wildman–Crippen LogP) is 2.08. The summed E-state index contributed by atoms with van der Waals surface area (Å²) in [4.78, 5) is 16.4. The molecule has 1 aliphatic carbocycles. The number of rotatable bonds is 5. The molecule has 0 saturated heterocycles. The summed E-state index contributed by atoms with van der Waals surface area (Å²) in [6, 6.07) is 9.50. The minimum absolute atomic E-state index is 0.0513. The number of sulfonamides is 1. The van der Waals surface area contributed by atoms with Gasteiger partial charge in [0.2, 0.25) is 10.0 Å². The molecular formula is C16H17N3O3S. The first-order valence-electron chi connectivity index (χ1n) is 7.30. The summed E-state index contributed by atoms with van der Waals surface area (Å²) in [5.41, 5.74) is 1.36. The fourth-order valence-corrected chi connectivity index (χ4v) is 3.37. The lowest BCUT2D eigenvalue weighted by molar-refractivity contribution is 0.102. The molecule has 0 spiro atoms. The van der Waals surface area contributed by atoms with Gasteiger partial charge in [0, 0.05) is 17.8 Å². The Balaban J connectivity index is 1.72. The number of carbonyl (C=O) groups is 1. The lowest BCUT2D eigenvalue weighted by Gasteiger charge is -2.07. The molecule has 1 saturated carbocycles. The molecule has 6 nitrogen and oxygen atoms in total. The number of carbonyl (C=O) groups excluding carboxylic acids is 1. The Morgan fingerprint density at radius 1 is 1.17 bits per heavy atom. The van der Waals surface area contributed by atoms with Crippen molar-refractivity contribution in [2.75, 3.05) is 5.32 Å². The highest BCUT2D eigenvalue weighted by Crippen LogP contribution is 2.22. The summed E-state index contributed by atoms with van der Waals surface area (Å²) in [6.45, 7) is 1.91. The second-order valence-electron chi connectivity index (χ2n) is 5.59. The molecule has 0 bridgehead atoms. The molecule has 0 radical (unpaired) electrons. The zero-order valence-electron chi connectivity index (χ0n) is 12.6. The van der Waals surface area contributed by atoms with Gasteiger partial charge < -0.3 is 5.32 Å². The van der Waals surface area contributed by atoms with E-state index in [1.807, 2.05) is 13.0 Å². The van der Waals surface area contributed by atoms with Crippen molar-refractivity contribution in [1.82, 2.24) is 9.71 Å². The maximum atomic E-state index is 12.2. The van der Waals surface area contributed by atoms with Gasteiger partial charge in [-0.3, -0.25) is 4.79 Å². The van der Waals surface area contributed by atoms with Crippen molar-refractivity contribution >= 4 is 21.7 Å². The first-order valence-corrected chi connectivity index (χ1v) is 8.79. The molecule has 1 fully saturated rings. The number of pyridine rings is 1. The first-order chi connectivity index (χ1) is 10.9. The lowest BCUT2D eigenvalue weighted by Crippen LogP contribution is -2.25. The number of hydrogen-bond donors (Lipinski definition) is 2. The molecule has 1 aromatic carbocycles. The number of benzene rings is 1. The minimum Gasteiger partial charge on any atom is -0.307 e. The number of nitrogens with zero attached hydrogens (tertiary/aromatic N) is 1. The van der Waals surface area contributed by atoms with Crippen LogP contribution in [0.4, 0.5) is 5.82 Å². The van der Waals surface area contributed by atoms with E-state index in [2.05, 4.69) is 15.0 Å². The second-order valence-corrected chi connectivity index (χ2v) is 7.31. The number of aryl methyl sites for hydroxylation is 1. The van der Waals surface area contributed by atoms with Gasteiger partial charge in [0.25, 0.3) is 5.91 Å². The van der Waals surface area contributed by atoms with E-state index in [4.69, 9.17) is 0 Å². The Hall–Kier alpha value is -2.25. The quantitative estimate of drug-likeness (QED) is 0.878. The van der Waals surface area contributed by atoms with Crippen LogP contribution in [-0.4, -0.2) is 25.4 Å².